The zero-order chi connectivity index (χ0) is 18.3. The molecule has 0 aliphatic carbocycles. The highest BCUT2D eigenvalue weighted by molar-refractivity contribution is 7.71. The van der Waals surface area contributed by atoms with Gasteiger partial charge in [-0.1, -0.05) is 12.1 Å². The van der Waals surface area contributed by atoms with E-state index in [9.17, 15) is 15.4 Å². The second-order valence-electron chi connectivity index (χ2n) is 5.40. The number of H-pyrrole nitrogens is 1. The lowest BCUT2D eigenvalue weighted by molar-refractivity contribution is -0.384. The zero-order valence-corrected chi connectivity index (χ0v) is 14.7. The van der Waals surface area contributed by atoms with Gasteiger partial charge in [0, 0.05) is 18.3 Å². The van der Waals surface area contributed by atoms with E-state index in [1.54, 1.807) is 16.8 Å². The Labute approximate surface area is 155 Å². The molecule has 0 spiro atoms. The maximum Gasteiger partial charge on any atom is 0.271 e. The molecule has 0 radical (unpaired) electrons. The third-order valence-corrected chi connectivity index (χ3v) is 5.18. The number of hydrogen-bond acceptors (Lipinski definition) is 6. The summed E-state index contributed by atoms with van der Waals surface area (Å²) < 4.78 is 2.87. The molecular weight excluding hydrogens is 370 g/mol. The summed E-state index contributed by atoms with van der Waals surface area (Å²) in [5.41, 5.74) is 2.27. The number of nitrogens with one attached hydrogen (secondary N) is 1. The summed E-state index contributed by atoms with van der Waals surface area (Å²) in [7, 11) is 0. The average molecular weight is 379 g/mol. The van der Waals surface area contributed by atoms with Crippen molar-refractivity contribution < 1.29 is 4.92 Å². The molecule has 7 nitrogen and oxygen atoms in total. The van der Waals surface area contributed by atoms with Crippen LogP contribution < -0.4 is 0 Å². The second-order valence-corrected chi connectivity index (χ2v) is 6.82. The summed E-state index contributed by atoms with van der Waals surface area (Å²) in [6, 6.07) is 14.2. The minimum Gasteiger partial charge on any atom is -0.330 e. The normalized spacial score (nSPS) is 11.7. The van der Waals surface area contributed by atoms with Crippen LogP contribution in [0.4, 0.5) is 5.69 Å². The summed E-state index contributed by atoms with van der Waals surface area (Å²) in [6.45, 7) is 0. The van der Waals surface area contributed by atoms with Gasteiger partial charge in [-0.15, -0.1) is 11.3 Å². The lowest BCUT2D eigenvalue weighted by Gasteiger charge is -1.99. The number of hydrogen-bond donors (Lipinski definition) is 1. The predicted molar refractivity (Wildman–Crippen MR) is 103 cm³/mol. The SMILES string of the molecule is N#C/C(=C/n1c(=S)[nH]c2ccc([N+](=O)[O-])cc21)c1nc2ccccc2s1. The molecule has 0 bridgehead atoms. The first kappa shape index (κ1) is 16.1. The van der Waals surface area contributed by atoms with Gasteiger partial charge in [-0.2, -0.15) is 5.26 Å². The standard InChI is InChI=1S/C17H9N5O2S2/c18-8-10(16-19-13-3-1-2-4-15(13)26-16)9-21-14-7-11(22(23)24)5-6-12(14)20-17(21)25/h1-7,9H,(H,20,25)/b10-9-. The number of aromatic nitrogens is 3. The number of rotatable bonds is 3. The van der Waals surface area contributed by atoms with Crippen LogP contribution in [0.15, 0.2) is 42.5 Å². The molecule has 4 rings (SSSR count). The van der Waals surface area contributed by atoms with E-state index in [0.717, 1.165) is 10.2 Å². The molecule has 2 aromatic heterocycles. The van der Waals surface area contributed by atoms with Gasteiger partial charge in [0.1, 0.15) is 16.6 Å². The summed E-state index contributed by atoms with van der Waals surface area (Å²) in [6.07, 6.45) is 1.56. The van der Waals surface area contributed by atoms with Crippen molar-refractivity contribution in [3.63, 3.8) is 0 Å². The largest absolute Gasteiger partial charge is 0.330 e. The molecule has 2 heterocycles. The Morgan fingerprint density at radius 2 is 2.19 bits per heavy atom. The third kappa shape index (κ3) is 2.67. The van der Waals surface area contributed by atoms with Crippen LogP contribution in [0, 0.1) is 26.2 Å². The third-order valence-electron chi connectivity index (χ3n) is 3.82. The molecule has 1 N–H and O–H groups in total. The van der Waals surface area contributed by atoms with Gasteiger partial charge in [-0.3, -0.25) is 14.7 Å². The van der Waals surface area contributed by atoms with Crippen LogP contribution in [0.5, 0.6) is 0 Å². The molecule has 9 heteroatoms. The minimum absolute atomic E-state index is 0.0489. The Kier molecular flexibility index (Phi) is 3.84. The number of thiazole rings is 1. The lowest BCUT2D eigenvalue weighted by atomic mass is 10.2. The number of imidazole rings is 1. The summed E-state index contributed by atoms with van der Waals surface area (Å²) >= 11 is 6.71. The smallest absolute Gasteiger partial charge is 0.271 e. The van der Waals surface area contributed by atoms with Crippen molar-refractivity contribution >= 4 is 62.3 Å². The molecule has 0 saturated carbocycles. The van der Waals surface area contributed by atoms with Crippen LogP contribution in [-0.4, -0.2) is 19.5 Å². The Bertz CT molecular complexity index is 1270. The van der Waals surface area contributed by atoms with E-state index in [1.165, 1.54) is 23.5 Å². The van der Waals surface area contributed by atoms with Crippen molar-refractivity contribution in [1.82, 2.24) is 14.5 Å². The first-order chi connectivity index (χ1) is 12.6. The van der Waals surface area contributed by atoms with E-state index >= 15 is 0 Å². The highest BCUT2D eigenvalue weighted by atomic mass is 32.1. The van der Waals surface area contributed by atoms with Crippen LogP contribution in [0.25, 0.3) is 33.0 Å². The van der Waals surface area contributed by atoms with E-state index in [4.69, 9.17) is 12.2 Å². The van der Waals surface area contributed by atoms with Crippen molar-refractivity contribution in [1.29, 1.82) is 5.26 Å². The number of nitriles is 1. The number of aromatic amines is 1. The molecule has 126 valence electrons. The number of nitrogens with zero attached hydrogens (tertiary/aromatic N) is 4. The Balaban J connectivity index is 1.91. The number of benzene rings is 2. The fourth-order valence-corrected chi connectivity index (χ4v) is 3.79. The van der Waals surface area contributed by atoms with Gasteiger partial charge < -0.3 is 4.98 Å². The number of nitro benzene ring substituents is 1. The average Bonchev–Trinajstić information content (AvgIpc) is 3.19. The van der Waals surface area contributed by atoms with Crippen LogP contribution >= 0.6 is 23.6 Å². The Morgan fingerprint density at radius 3 is 2.92 bits per heavy atom. The van der Waals surface area contributed by atoms with Gasteiger partial charge in [0.05, 0.1) is 26.2 Å². The summed E-state index contributed by atoms with van der Waals surface area (Å²) in [5, 5.41) is 21.2. The predicted octanol–water partition coefficient (Wildman–Crippen LogP) is 4.74. The first-order valence-corrected chi connectivity index (χ1v) is 8.66. The molecule has 26 heavy (non-hydrogen) atoms. The zero-order valence-electron chi connectivity index (χ0n) is 13.0. The highest BCUT2D eigenvalue weighted by Gasteiger charge is 2.13. The molecular formula is C17H9N5O2S2. The number of para-hydroxylation sites is 1. The molecule has 0 fully saturated rings. The van der Waals surface area contributed by atoms with E-state index in [-0.39, 0.29) is 5.69 Å². The number of non-ortho nitro benzene ring substituents is 1. The van der Waals surface area contributed by atoms with Crippen molar-refractivity contribution in [3.8, 4) is 6.07 Å². The molecule has 0 aliphatic heterocycles. The van der Waals surface area contributed by atoms with Crippen molar-refractivity contribution in [2.24, 2.45) is 0 Å². The van der Waals surface area contributed by atoms with Gasteiger partial charge in [-0.25, -0.2) is 4.98 Å². The summed E-state index contributed by atoms with van der Waals surface area (Å²) in [4.78, 5) is 18.0. The van der Waals surface area contributed by atoms with E-state index < -0.39 is 4.92 Å². The van der Waals surface area contributed by atoms with Gasteiger partial charge in [0.25, 0.3) is 5.69 Å². The maximum absolute atomic E-state index is 11.0. The molecule has 0 aliphatic rings. The lowest BCUT2D eigenvalue weighted by Crippen LogP contribution is -1.91. The van der Waals surface area contributed by atoms with Crippen LogP contribution in [0.3, 0.4) is 0 Å². The number of fused-ring (bicyclic) bond motifs is 2. The topological polar surface area (TPSA) is 101 Å². The van der Waals surface area contributed by atoms with Crippen molar-refractivity contribution in [2.45, 2.75) is 0 Å². The molecule has 0 atom stereocenters. The Hall–Kier alpha value is -3.35. The minimum atomic E-state index is -0.470. The fraction of sp³-hybridized carbons (Fsp3) is 0. The second kappa shape index (κ2) is 6.18. The maximum atomic E-state index is 11.0. The van der Waals surface area contributed by atoms with Crippen molar-refractivity contribution in [3.05, 3.63) is 62.4 Å². The fourth-order valence-electron chi connectivity index (χ4n) is 2.60. The van der Waals surface area contributed by atoms with Gasteiger partial charge >= 0.3 is 0 Å². The number of nitro groups is 1. The van der Waals surface area contributed by atoms with Gasteiger partial charge in [0.2, 0.25) is 0 Å². The summed E-state index contributed by atoms with van der Waals surface area (Å²) in [5.74, 6) is 0. The molecule has 4 aromatic rings. The highest BCUT2D eigenvalue weighted by Crippen LogP contribution is 2.28. The van der Waals surface area contributed by atoms with Crippen LogP contribution in [0.1, 0.15) is 5.01 Å². The molecule has 0 unspecified atom stereocenters. The monoisotopic (exact) mass is 379 g/mol. The molecule has 0 amide bonds. The van der Waals surface area contributed by atoms with Crippen molar-refractivity contribution in [2.75, 3.05) is 0 Å². The van der Waals surface area contributed by atoms with E-state index in [2.05, 4.69) is 16.0 Å². The van der Waals surface area contributed by atoms with E-state index in [1.807, 2.05) is 24.3 Å². The molecule has 2 aromatic carbocycles. The van der Waals surface area contributed by atoms with Crippen LogP contribution in [-0.2, 0) is 0 Å². The van der Waals surface area contributed by atoms with Gasteiger partial charge in [0.15, 0.2) is 4.77 Å². The van der Waals surface area contributed by atoms with E-state index in [0.29, 0.717) is 26.4 Å². The van der Waals surface area contributed by atoms with Crippen LogP contribution in [0.2, 0.25) is 0 Å². The first-order valence-electron chi connectivity index (χ1n) is 7.43. The van der Waals surface area contributed by atoms with Gasteiger partial charge in [-0.05, 0) is 30.4 Å². The Morgan fingerprint density at radius 1 is 1.38 bits per heavy atom. The number of allylic oxidation sites excluding steroid dienone is 1. The quantitative estimate of drug-likeness (QED) is 0.240. The molecule has 0 saturated heterocycles.